The van der Waals surface area contributed by atoms with E-state index in [-0.39, 0.29) is 6.29 Å². The van der Waals surface area contributed by atoms with Gasteiger partial charge in [-0.2, -0.15) is 0 Å². The van der Waals surface area contributed by atoms with E-state index in [1.807, 2.05) is 18.2 Å². The minimum absolute atomic E-state index is 0.262. The minimum atomic E-state index is -0.262. The highest BCUT2D eigenvalue weighted by atomic mass is 28.1. The van der Waals surface area contributed by atoms with Crippen LogP contribution in [0.1, 0.15) is 17.4 Å². The predicted octanol–water partition coefficient (Wildman–Crippen LogP) is 0.612. The Bertz CT molecular complexity index is 319. The first-order valence-electron chi connectivity index (χ1n) is 4.52. The summed E-state index contributed by atoms with van der Waals surface area (Å²) in [6, 6.07) is 6.09. The molecule has 0 radical (unpaired) electrons. The van der Waals surface area contributed by atoms with E-state index < -0.39 is 0 Å². The van der Waals surface area contributed by atoms with Crippen LogP contribution in [-0.4, -0.2) is 24.5 Å². The standard InChI is InChI=1S/C11H16O2Si/c1-4-8-6-5-7-9(10(8)14)11(12-2)13-3/h4-7,11H,1H2,2-3,14H3. The Kier molecular flexibility index (Phi) is 4.07. The highest BCUT2D eigenvalue weighted by Gasteiger charge is 2.12. The molecule has 0 aliphatic rings. The molecule has 0 aliphatic carbocycles. The molecular formula is C11H16O2Si. The fourth-order valence-electron chi connectivity index (χ4n) is 1.50. The maximum Gasteiger partial charge on any atom is 0.183 e. The van der Waals surface area contributed by atoms with Crippen molar-refractivity contribution in [3.63, 3.8) is 0 Å². The number of hydrogen-bond acceptors (Lipinski definition) is 2. The van der Waals surface area contributed by atoms with Crippen molar-refractivity contribution in [3.05, 3.63) is 35.9 Å². The van der Waals surface area contributed by atoms with Crippen molar-refractivity contribution in [1.29, 1.82) is 0 Å². The topological polar surface area (TPSA) is 18.5 Å². The molecule has 0 amide bonds. The molecule has 0 atom stereocenters. The summed E-state index contributed by atoms with van der Waals surface area (Å²) in [5.74, 6) is 0. The van der Waals surface area contributed by atoms with Gasteiger partial charge in [0.2, 0.25) is 0 Å². The Balaban J connectivity index is 3.13. The molecule has 3 heteroatoms. The molecule has 0 fully saturated rings. The van der Waals surface area contributed by atoms with Crippen LogP contribution in [0.15, 0.2) is 24.8 Å². The lowest BCUT2D eigenvalue weighted by atomic mass is 10.1. The summed E-state index contributed by atoms with van der Waals surface area (Å²) in [6.07, 6.45) is 1.61. The molecule has 0 saturated heterocycles. The summed E-state index contributed by atoms with van der Waals surface area (Å²) in [4.78, 5) is 0. The van der Waals surface area contributed by atoms with E-state index in [1.54, 1.807) is 14.2 Å². The van der Waals surface area contributed by atoms with Crippen LogP contribution >= 0.6 is 0 Å². The highest BCUT2D eigenvalue weighted by molar-refractivity contribution is 6.35. The summed E-state index contributed by atoms with van der Waals surface area (Å²) in [7, 11) is 4.26. The molecule has 1 rings (SSSR count). The van der Waals surface area contributed by atoms with Crippen LogP contribution in [-0.2, 0) is 9.47 Å². The largest absolute Gasteiger partial charge is 0.352 e. The van der Waals surface area contributed by atoms with Gasteiger partial charge in [0.05, 0.1) is 0 Å². The molecule has 0 aliphatic heterocycles. The number of rotatable bonds is 4. The average molecular weight is 208 g/mol. The van der Waals surface area contributed by atoms with E-state index in [1.165, 1.54) is 10.8 Å². The van der Waals surface area contributed by atoms with Crippen LogP contribution < -0.4 is 5.19 Å². The Hall–Kier alpha value is -0.903. The maximum absolute atomic E-state index is 5.23. The lowest BCUT2D eigenvalue weighted by Crippen LogP contribution is -2.19. The number of hydrogen-bond donors (Lipinski definition) is 0. The van der Waals surface area contributed by atoms with Crippen molar-refractivity contribution in [2.24, 2.45) is 0 Å². The number of benzene rings is 1. The van der Waals surface area contributed by atoms with Gasteiger partial charge in [0.15, 0.2) is 6.29 Å². The fraction of sp³-hybridized carbons (Fsp3) is 0.273. The normalized spacial score (nSPS) is 10.8. The third-order valence-electron chi connectivity index (χ3n) is 2.32. The van der Waals surface area contributed by atoms with E-state index in [2.05, 4.69) is 12.6 Å². The van der Waals surface area contributed by atoms with E-state index in [4.69, 9.17) is 9.47 Å². The van der Waals surface area contributed by atoms with Gasteiger partial charge >= 0.3 is 0 Å². The summed E-state index contributed by atoms with van der Waals surface area (Å²) >= 11 is 0. The quantitative estimate of drug-likeness (QED) is 0.533. The number of ether oxygens (including phenoxy) is 2. The zero-order valence-corrected chi connectivity index (χ0v) is 10.9. The Morgan fingerprint density at radius 3 is 2.50 bits per heavy atom. The molecule has 14 heavy (non-hydrogen) atoms. The van der Waals surface area contributed by atoms with Crippen LogP contribution in [0, 0.1) is 0 Å². The van der Waals surface area contributed by atoms with Gasteiger partial charge in [0.1, 0.15) is 0 Å². The Morgan fingerprint density at radius 1 is 1.36 bits per heavy atom. The van der Waals surface area contributed by atoms with Crippen LogP contribution in [0.2, 0.25) is 0 Å². The molecule has 76 valence electrons. The van der Waals surface area contributed by atoms with E-state index in [0.29, 0.717) is 0 Å². The first-order valence-corrected chi connectivity index (χ1v) is 5.52. The predicted molar refractivity (Wildman–Crippen MR) is 62.9 cm³/mol. The van der Waals surface area contributed by atoms with Gasteiger partial charge in [-0.1, -0.05) is 36.0 Å². The van der Waals surface area contributed by atoms with Crippen LogP contribution in [0.25, 0.3) is 6.08 Å². The summed E-state index contributed by atoms with van der Waals surface area (Å²) < 4.78 is 10.5. The lowest BCUT2D eigenvalue weighted by Gasteiger charge is -2.17. The molecule has 0 spiro atoms. The fourth-order valence-corrected chi connectivity index (χ4v) is 2.27. The zero-order valence-electron chi connectivity index (χ0n) is 8.91. The van der Waals surface area contributed by atoms with Gasteiger partial charge in [-0.25, -0.2) is 0 Å². The van der Waals surface area contributed by atoms with Crippen LogP contribution in [0.4, 0.5) is 0 Å². The third-order valence-corrected chi connectivity index (χ3v) is 3.47. The molecule has 0 aromatic heterocycles. The lowest BCUT2D eigenvalue weighted by molar-refractivity contribution is -0.105. The van der Waals surface area contributed by atoms with Crippen molar-refractivity contribution in [3.8, 4) is 0 Å². The summed E-state index contributed by atoms with van der Waals surface area (Å²) in [5.41, 5.74) is 2.28. The van der Waals surface area contributed by atoms with Crippen molar-refractivity contribution in [1.82, 2.24) is 0 Å². The first kappa shape index (κ1) is 11.2. The van der Waals surface area contributed by atoms with Gasteiger partial charge in [0, 0.05) is 30.0 Å². The van der Waals surface area contributed by atoms with E-state index in [9.17, 15) is 0 Å². The molecule has 0 bridgehead atoms. The molecule has 1 aromatic carbocycles. The molecule has 0 N–H and O–H groups in total. The maximum atomic E-state index is 5.23. The highest BCUT2D eigenvalue weighted by Crippen LogP contribution is 2.16. The minimum Gasteiger partial charge on any atom is -0.352 e. The average Bonchev–Trinajstić information content (AvgIpc) is 2.22. The van der Waals surface area contributed by atoms with Crippen molar-refractivity contribution in [2.45, 2.75) is 6.29 Å². The van der Waals surface area contributed by atoms with Gasteiger partial charge in [-0.3, -0.25) is 0 Å². The SMILES string of the molecule is C=Cc1cccc(C(OC)OC)c1[SiH3]. The van der Waals surface area contributed by atoms with Gasteiger partial charge in [-0.15, -0.1) is 0 Å². The van der Waals surface area contributed by atoms with Crippen molar-refractivity contribution >= 4 is 21.5 Å². The molecule has 2 nitrogen and oxygen atoms in total. The van der Waals surface area contributed by atoms with Gasteiger partial charge in [-0.05, 0) is 5.56 Å². The Labute approximate surface area is 88.0 Å². The second-order valence-corrected chi connectivity index (χ2v) is 4.07. The molecule has 1 aromatic rings. The summed E-state index contributed by atoms with van der Waals surface area (Å²) in [5, 5.41) is 1.29. The van der Waals surface area contributed by atoms with Gasteiger partial charge in [0.25, 0.3) is 0 Å². The Morgan fingerprint density at radius 2 is 2.00 bits per heavy atom. The van der Waals surface area contributed by atoms with Crippen LogP contribution in [0.3, 0.4) is 0 Å². The first-order chi connectivity index (χ1) is 6.74. The number of methoxy groups -OCH3 is 2. The van der Waals surface area contributed by atoms with Crippen molar-refractivity contribution < 1.29 is 9.47 Å². The van der Waals surface area contributed by atoms with Crippen molar-refractivity contribution in [2.75, 3.05) is 14.2 Å². The molecule has 0 unspecified atom stereocenters. The smallest absolute Gasteiger partial charge is 0.183 e. The second-order valence-electron chi connectivity index (χ2n) is 3.07. The zero-order chi connectivity index (χ0) is 10.6. The molecule has 0 heterocycles. The second kappa shape index (κ2) is 5.10. The third kappa shape index (κ3) is 2.12. The van der Waals surface area contributed by atoms with E-state index >= 15 is 0 Å². The van der Waals surface area contributed by atoms with Crippen LogP contribution in [0.5, 0.6) is 0 Å². The van der Waals surface area contributed by atoms with Gasteiger partial charge < -0.3 is 9.47 Å². The monoisotopic (exact) mass is 208 g/mol. The molecule has 0 saturated carbocycles. The van der Waals surface area contributed by atoms with E-state index in [0.717, 1.165) is 15.8 Å². The summed E-state index contributed by atoms with van der Waals surface area (Å²) in [6.45, 7) is 3.78. The molecular weight excluding hydrogens is 192 g/mol.